The summed E-state index contributed by atoms with van der Waals surface area (Å²) in [5, 5.41) is 12.9. The van der Waals surface area contributed by atoms with E-state index >= 15 is 0 Å². The minimum Gasteiger partial charge on any atom is -0.378 e. The Morgan fingerprint density at radius 2 is 1.79 bits per heavy atom. The van der Waals surface area contributed by atoms with Crippen LogP contribution < -0.4 is 15.5 Å². The van der Waals surface area contributed by atoms with Crippen LogP contribution in [0.15, 0.2) is 65.5 Å². The van der Waals surface area contributed by atoms with Crippen molar-refractivity contribution in [3.05, 3.63) is 60.4 Å². The molecule has 0 saturated heterocycles. The van der Waals surface area contributed by atoms with Gasteiger partial charge in [0.15, 0.2) is 16.1 Å². The van der Waals surface area contributed by atoms with Crippen molar-refractivity contribution in [2.75, 3.05) is 35.4 Å². The molecule has 0 spiro atoms. The number of hydrogen-bond acceptors (Lipinski definition) is 9. The third-order valence-electron chi connectivity index (χ3n) is 4.55. The van der Waals surface area contributed by atoms with Crippen LogP contribution in [0.5, 0.6) is 0 Å². The maximum atomic E-state index is 12.7. The molecule has 0 radical (unpaired) electrons. The van der Waals surface area contributed by atoms with Gasteiger partial charge in [-0.1, -0.05) is 11.8 Å². The number of amides is 2. The first-order valence-corrected chi connectivity index (χ1v) is 12.1. The Bertz CT molecular complexity index is 1240. The van der Waals surface area contributed by atoms with Gasteiger partial charge >= 0.3 is 0 Å². The van der Waals surface area contributed by atoms with Crippen LogP contribution in [0.2, 0.25) is 0 Å². The number of carbonyl (C=O) groups excluding carboxylic acids is 2. The zero-order valence-electron chi connectivity index (χ0n) is 18.5. The van der Waals surface area contributed by atoms with Crippen LogP contribution in [0.1, 0.15) is 0 Å². The maximum Gasteiger partial charge on any atom is 0.246 e. The fraction of sp³-hybridized carbons (Fsp3) is 0.182. The lowest BCUT2D eigenvalue weighted by atomic mass is 10.2. The van der Waals surface area contributed by atoms with Gasteiger partial charge in [-0.15, -0.1) is 16.4 Å². The van der Waals surface area contributed by atoms with E-state index in [-0.39, 0.29) is 24.1 Å². The number of rotatable bonds is 9. The van der Waals surface area contributed by atoms with Gasteiger partial charge in [0, 0.05) is 55.0 Å². The maximum absolute atomic E-state index is 12.7. The summed E-state index contributed by atoms with van der Waals surface area (Å²) in [6, 6.07) is 11.1. The van der Waals surface area contributed by atoms with Crippen molar-refractivity contribution in [3.8, 4) is 11.4 Å². The summed E-state index contributed by atoms with van der Waals surface area (Å²) in [5.41, 5.74) is 2.48. The summed E-state index contributed by atoms with van der Waals surface area (Å²) in [4.78, 5) is 39.6. The number of carbonyl (C=O) groups is 2. The fourth-order valence-corrected chi connectivity index (χ4v) is 4.19. The number of thiazole rings is 1. The van der Waals surface area contributed by atoms with Gasteiger partial charge in [-0.05, 0) is 36.4 Å². The fourth-order valence-electron chi connectivity index (χ4n) is 2.91. The van der Waals surface area contributed by atoms with Crippen molar-refractivity contribution >= 4 is 51.4 Å². The van der Waals surface area contributed by atoms with E-state index in [1.165, 1.54) is 27.8 Å². The van der Waals surface area contributed by atoms with Crippen molar-refractivity contribution in [1.29, 1.82) is 0 Å². The lowest BCUT2D eigenvalue weighted by molar-refractivity contribution is -0.117. The molecule has 0 bridgehead atoms. The minimum absolute atomic E-state index is 0.0516. The second kappa shape index (κ2) is 10.9. The molecule has 0 aliphatic carbocycles. The lowest BCUT2D eigenvalue weighted by Crippen LogP contribution is -2.21. The van der Waals surface area contributed by atoms with Crippen molar-refractivity contribution in [2.45, 2.75) is 11.7 Å². The molecule has 34 heavy (non-hydrogen) atoms. The molecule has 0 aliphatic rings. The Labute approximate surface area is 204 Å². The normalized spacial score (nSPS) is 10.6. The number of benzene rings is 1. The molecule has 2 amide bonds. The number of anilines is 3. The summed E-state index contributed by atoms with van der Waals surface area (Å²) in [6.45, 7) is -0.0516. The van der Waals surface area contributed by atoms with Crippen LogP contribution in [0.25, 0.3) is 11.4 Å². The van der Waals surface area contributed by atoms with E-state index < -0.39 is 0 Å². The Balaban J connectivity index is 1.47. The zero-order chi connectivity index (χ0) is 23.9. The van der Waals surface area contributed by atoms with Crippen LogP contribution in [-0.2, 0) is 16.1 Å². The number of pyridine rings is 1. The number of nitrogens with zero attached hydrogens (tertiary/aromatic N) is 6. The first-order valence-electron chi connectivity index (χ1n) is 10.2. The molecule has 0 saturated carbocycles. The van der Waals surface area contributed by atoms with Crippen molar-refractivity contribution in [3.63, 3.8) is 0 Å². The van der Waals surface area contributed by atoms with Gasteiger partial charge in [-0.25, -0.2) is 14.6 Å². The molecule has 0 unspecified atom stereocenters. The highest BCUT2D eigenvalue weighted by Gasteiger charge is 2.17. The van der Waals surface area contributed by atoms with E-state index in [0.717, 1.165) is 11.3 Å². The average Bonchev–Trinajstić information content (AvgIpc) is 3.48. The summed E-state index contributed by atoms with van der Waals surface area (Å²) in [7, 11) is 3.91. The van der Waals surface area contributed by atoms with E-state index in [1.54, 1.807) is 36.1 Å². The predicted molar refractivity (Wildman–Crippen MR) is 134 cm³/mol. The second-order valence-electron chi connectivity index (χ2n) is 7.28. The highest BCUT2D eigenvalue weighted by Crippen LogP contribution is 2.22. The molecule has 3 heterocycles. The van der Waals surface area contributed by atoms with Gasteiger partial charge in [-0.2, -0.15) is 0 Å². The standard InChI is InChI=1S/C22H22N8O2S2/c1-29(2)17-5-3-16(4-6-17)25-18(31)13-30-22(27-20(28-30)15-7-9-23-10-8-15)34-14-19(32)26-21-24-11-12-33-21/h3-12H,13-14H2,1-2H3,(H,25,31)(H,24,26,32). The summed E-state index contributed by atoms with van der Waals surface area (Å²) in [6.07, 6.45) is 4.92. The SMILES string of the molecule is CN(C)c1ccc(NC(=O)Cn2nc(-c3ccncc3)nc2SCC(=O)Nc2nccs2)cc1. The van der Waals surface area contributed by atoms with E-state index in [9.17, 15) is 9.59 Å². The molecule has 1 aromatic carbocycles. The molecule has 0 atom stereocenters. The van der Waals surface area contributed by atoms with Crippen LogP contribution in [-0.4, -0.2) is 56.4 Å². The smallest absolute Gasteiger partial charge is 0.246 e. The van der Waals surface area contributed by atoms with Crippen molar-refractivity contribution < 1.29 is 9.59 Å². The van der Waals surface area contributed by atoms with Gasteiger partial charge < -0.3 is 15.5 Å². The molecule has 0 aliphatic heterocycles. The number of aromatic nitrogens is 5. The third kappa shape index (κ3) is 6.17. The summed E-state index contributed by atoms with van der Waals surface area (Å²) in [5.74, 6) is 0.0819. The number of thioether (sulfide) groups is 1. The summed E-state index contributed by atoms with van der Waals surface area (Å²) < 4.78 is 1.50. The molecule has 2 N–H and O–H groups in total. The predicted octanol–water partition coefficient (Wildman–Crippen LogP) is 3.23. The van der Waals surface area contributed by atoms with E-state index in [2.05, 4.69) is 30.7 Å². The Morgan fingerprint density at radius 3 is 2.47 bits per heavy atom. The molecule has 10 nitrogen and oxygen atoms in total. The molecule has 12 heteroatoms. The first-order chi connectivity index (χ1) is 16.5. The van der Waals surface area contributed by atoms with Crippen molar-refractivity contribution in [2.24, 2.45) is 0 Å². The van der Waals surface area contributed by atoms with Crippen LogP contribution in [0, 0.1) is 0 Å². The highest BCUT2D eigenvalue weighted by atomic mass is 32.2. The van der Waals surface area contributed by atoms with Gasteiger partial charge in [0.05, 0.1) is 5.75 Å². The molecule has 3 aromatic heterocycles. The second-order valence-corrected chi connectivity index (χ2v) is 9.11. The van der Waals surface area contributed by atoms with Gasteiger partial charge in [0.25, 0.3) is 0 Å². The Hall–Kier alpha value is -3.77. The molecular formula is C22H22N8O2S2. The average molecular weight is 495 g/mol. The van der Waals surface area contributed by atoms with Crippen molar-refractivity contribution in [1.82, 2.24) is 24.7 Å². The third-order valence-corrected chi connectivity index (χ3v) is 6.20. The molecule has 4 rings (SSSR count). The first kappa shape index (κ1) is 23.4. The van der Waals surface area contributed by atoms with Gasteiger partial charge in [-0.3, -0.25) is 14.6 Å². The minimum atomic E-state index is -0.252. The number of hydrogen-bond donors (Lipinski definition) is 2. The van der Waals surface area contributed by atoms with Gasteiger partial charge in [0.2, 0.25) is 11.8 Å². The topological polar surface area (TPSA) is 118 Å². The quantitative estimate of drug-likeness (QED) is 0.341. The Kier molecular flexibility index (Phi) is 7.50. The molecule has 174 valence electrons. The monoisotopic (exact) mass is 494 g/mol. The van der Waals surface area contributed by atoms with Gasteiger partial charge in [0.1, 0.15) is 6.54 Å². The molecule has 0 fully saturated rings. The molecular weight excluding hydrogens is 472 g/mol. The zero-order valence-corrected chi connectivity index (χ0v) is 20.1. The van der Waals surface area contributed by atoms with E-state index in [4.69, 9.17) is 0 Å². The van der Waals surface area contributed by atoms with Crippen LogP contribution >= 0.6 is 23.1 Å². The largest absolute Gasteiger partial charge is 0.378 e. The number of nitrogens with one attached hydrogen (secondary N) is 2. The lowest BCUT2D eigenvalue weighted by Gasteiger charge is -2.13. The highest BCUT2D eigenvalue weighted by molar-refractivity contribution is 7.99. The van der Waals surface area contributed by atoms with E-state index in [0.29, 0.717) is 21.8 Å². The summed E-state index contributed by atoms with van der Waals surface area (Å²) >= 11 is 2.54. The Morgan fingerprint density at radius 1 is 1.03 bits per heavy atom. The van der Waals surface area contributed by atoms with Crippen LogP contribution in [0.4, 0.5) is 16.5 Å². The van der Waals surface area contributed by atoms with E-state index in [1.807, 2.05) is 43.3 Å². The van der Waals surface area contributed by atoms with Crippen LogP contribution in [0.3, 0.4) is 0 Å². The molecule has 4 aromatic rings.